The molecule has 0 aliphatic heterocycles. The standard InChI is InChI=1S/C9H22N2O4S2/c1-5-17(14,15)7-6-10-8-9(2,3)11-16(4,12)13/h10-11H,5-8H2,1-4H3. The topological polar surface area (TPSA) is 92.3 Å². The summed E-state index contributed by atoms with van der Waals surface area (Å²) in [5, 5.41) is 2.93. The van der Waals surface area contributed by atoms with Gasteiger partial charge in [0.1, 0.15) is 0 Å². The molecular weight excluding hydrogens is 264 g/mol. The Bertz CT molecular complexity index is 426. The predicted molar refractivity (Wildman–Crippen MR) is 69.3 cm³/mol. The van der Waals surface area contributed by atoms with Gasteiger partial charge in [0.2, 0.25) is 10.0 Å². The van der Waals surface area contributed by atoms with Crippen molar-refractivity contribution in [3.8, 4) is 0 Å². The highest BCUT2D eigenvalue weighted by Crippen LogP contribution is 2.01. The van der Waals surface area contributed by atoms with Crippen molar-refractivity contribution in [2.45, 2.75) is 26.3 Å². The van der Waals surface area contributed by atoms with E-state index in [0.29, 0.717) is 13.1 Å². The van der Waals surface area contributed by atoms with Gasteiger partial charge in [-0.15, -0.1) is 0 Å². The quantitative estimate of drug-likeness (QED) is 0.578. The molecular formula is C9H22N2O4S2. The van der Waals surface area contributed by atoms with Crippen molar-refractivity contribution in [2.75, 3.05) is 30.9 Å². The number of nitrogens with one attached hydrogen (secondary N) is 2. The lowest BCUT2D eigenvalue weighted by Gasteiger charge is -2.25. The zero-order valence-electron chi connectivity index (χ0n) is 10.8. The van der Waals surface area contributed by atoms with Crippen molar-refractivity contribution in [3.63, 3.8) is 0 Å². The van der Waals surface area contributed by atoms with Crippen LogP contribution in [0.5, 0.6) is 0 Å². The first-order chi connectivity index (χ1) is 7.47. The van der Waals surface area contributed by atoms with Gasteiger partial charge in [0.25, 0.3) is 0 Å². The van der Waals surface area contributed by atoms with Crippen LogP contribution in [-0.4, -0.2) is 53.2 Å². The largest absolute Gasteiger partial charge is 0.314 e. The molecule has 0 saturated carbocycles. The molecule has 0 radical (unpaired) electrons. The number of rotatable bonds is 8. The summed E-state index contributed by atoms with van der Waals surface area (Å²) >= 11 is 0. The third-order valence-electron chi connectivity index (χ3n) is 2.06. The van der Waals surface area contributed by atoms with Crippen LogP contribution in [0.4, 0.5) is 0 Å². The van der Waals surface area contributed by atoms with Crippen LogP contribution in [0.2, 0.25) is 0 Å². The Kier molecular flexibility index (Phi) is 6.06. The zero-order valence-corrected chi connectivity index (χ0v) is 12.4. The molecule has 0 aliphatic rings. The Hall–Kier alpha value is -0.180. The Morgan fingerprint density at radius 2 is 1.65 bits per heavy atom. The average molecular weight is 286 g/mol. The molecule has 0 aromatic heterocycles. The molecule has 0 amide bonds. The minimum absolute atomic E-state index is 0.0679. The fraction of sp³-hybridized carbons (Fsp3) is 1.00. The third kappa shape index (κ3) is 9.51. The first kappa shape index (κ1) is 16.8. The molecule has 0 aromatic rings. The van der Waals surface area contributed by atoms with E-state index in [2.05, 4.69) is 10.0 Å². The Morgan fingerprint density at radius 3 is 2.06 bits per heavy atom. The van der Waals surface area contributed by atoms with Crippen LogP contribution in [0.1, 0.15) is 20.8 Å². The van der Waals surface area contributed by atoms with Crippen molar-refractivity contribution >= 4 is 19.9 Å². The van der Waals surface area contributed by atoms with Crippen molar-refractivity contribution in [1.82, 2.24) is 10.0 Å². The van der Waals surface area contributed by atoms with E-state index in [1.54, 1.807) is 20.8 Å². The molecule has 0 atom stereocenters. The molecule has 0 unspecified atom stereocenters. The summed E-state index contributed by atoms with van der Waals surface area (Å²) in [5.74, 6) is 0.193. The summed E-state index contributed by atoms with van der Waals surface area (Å²) in [6, 6.07) is 0. The number of sulfonamides is 1. The maximum atomic E-state index is 11.2. The number of hydrogen-bond donors (Lipinski definition) is 2. The first-order valence-corrected chi connectivity index (χ1v) is 9.09. The van der Waals surface area contributed by atoms with Crippen LogP contribution < -0.4 is 10.0 Å². The maximum Gasteiger partial charge on any atom is 0.209 e. The van der Waals surface area contributed by atoms with Gasteiger partial charge in [0.05, 0.1) is 12.0 Å². The van der Waals surface area contributed by atoms with E-state index in [9.17, 15) is 16.8 Å². The van der Waals surface area contributed by atoms with Crippen LogP contribution in [0.15, 0.2) is 0 Å². The monoisotopic (exact) mass is 286 g/mol. The van der Waals surface area contributed by atoms with Gasteiger partial charge in [-0.2, -0.15) is 0 Å². The van der Waals surface area contributed by atoms with E-state index in [1.807, 2.05) is 0 Å². The second-order valence-electron chi connectivity index (χ2n) is 4.67. The molecule has 104 valence electrons. The van der Waals surface area contributed by atoms with Gasteiger partial charge in [0, 0.05) is 24.4 Å². The maximum absolute atomic E-state index is 11.2. The van der Waals surface area contributed by atoms with Gasteiger partial charge in [-0.1, -0.05) is 6.92 Å². The minimum Gasteiger partial charge on any atom is -0.314 e. The van der Waals surface area contributed by atoms with E-state index in [1.165, 1.54) is 0 Å². The summed E-state index contributed by atoms with van der Waals surface area (Å²) in [6.45, 7) is 5.76. The second kappa shape index (κ2) is 6.12. The van der Waals surface area contributed by atoms with Gasteiger partial charge in [-0.3, -0.25) is 0 Å². The highest BCUT2D eigenvalue weighted by atomic mass is 32.2. The Balaban J connectivity index is 4.05. The minimum atomic E-state index is -3.26. The summed E-state index contributed by atoms with van der Waals surface area (Å²) < 4.78 is 47.0. The second-order valence-corrected chi connectivity index (χ2v) is 8.89. The van der Waals surface area contributed by atoms with Crippen molar-refractivity contribution in [3.05, 3.63) is 0 Å². The summed E-state index contributed by atoms with van der Waals surface area (Å²) in [6.07, 6.45) is 1.09. The lowest BCUT2D eigenvalue weighted by atomic mass is 10.1. The lowest BCUT2D eigenvalue weighted by Crippen LogP contribution is -2.50. The summed E-state index contributed by atoms with van der Waals surface area (Å²) in [4.78, 5) is 0. The highest BCUT2D eigenvalue weighted by molar-refractivity contribution is 7.91. The fourth-order valence-corrected chi connectivity index (χ4v) is 3.13. The number of sulfone groups is 1. The van der Waals surface area contributed by atoms with Crippen LogP contribution in [0.25, 0.3) is 0 Å². The van der Waals surface area contributed by atoms with Crippen molar-refractivity contribution < 1.29 is 16.8 Å². The molecule has 0 aliphatic carbocycles. The molecule has 6 nitrogen and oxygen atoms in total. The predicted octanol–water partition coefficient (Wildman–Crippen LogP) is -0.661. The molecule has 0 rings (SSSR count). The fourth-order valence-electron chi connectivity index (χ4n) is 1.31. The van der Waals surface area contributed by atoms with Crippen LogP contribution in [0, 0.1) is 0 Å². The van der Waals surface area contributed by atoms with Gasteiger partial charge < -0.3 is 5.32 Å². The molecule has 8 heteroatoms. The van der Waals surface area contributed by atoms with Crippen LogP contribution in [-0.2, 0) is 19.9 Å². The molecule has 0 aromatic carbocycles. The third-order valence-corrected chi connectivity index (χ3v) is 4.69. The number of hydrogen-bond acceptors (Lipinski definition) is 5. The molecule has 2 N–H and O–H groups in total. The van der Waals surface area contributed by atoms with E-state index in [4.69, 9.17) is 0 Å². The molecule has 0 heterocycles. The summed E-state index contributed by atoms with van der Waals surface area (Å²) in [5.41, 5.74) is -0.635. The SMILES string of the molecule is CCS(=O)(=O)CCNCC(C)(C)NS(C)(=O)=O. The van der Waals surface area contributed by atoms with Gasteiger partial charge in [-0.25, -0.2) is 21.6 Å². The van der Waals surface area contributed by atoms with Crippen molar-refractivity contribution in [1.29, 1.82) is 0 Å². The molecule has 0 fully saturated rings. The smallest absolute Gasteiger partial charge is 0.209 e. The molecule has 17 heavy (non-hydrogen) atoms. The lowest BCUT2D eigenvalue weighted by molar-refractivity contribution is 0.426. The summed E-state index contributed by atoms with van der Waals surface area (Å²) in [7, 11) is -6.23. The van der Waals surface area contributed by atoms with E-state index < -0.39 is 25.4 Å². The molecule has 0 spiro atoms. The first-order valence-electron chi connectivity index (χ1n) is 5.37. The van der Waals surface area contributed by atoms with Crippen LogP contribution in [0.3, 0.4) is 0 Å². The van der Waals surface area contributed by atoms with E-state index in [0.717, 1.165) is 6.26 Å². The zero-order chi connectivity index (χ0) is 13.7. The van der Waals surface area contributed by atoms with Gasteiger partial charge in [0.15, 0.2) is 9.84 Å². The molecule has 0 saturated heterocycles. The molecule has 0 bridgehead atoms. The average Bonchev–Trinajstić information content (AvgIpc) is 2.09. The van der Waals surface area contributed by atoms with Crippen molar-refractivity contribution in [2.24, 2.45) is 0 Å². The Morgan fingerprint density at radius 1 is 1.12 bits per heavy atom. The highest BCUT2D eigenvalue weighted by Gasteiger charge is 2.21. The van der Waals surface area contributed by atoms with E-state index >= 15 is 0 Å². The van der Waals surface area contributed by atoms with Crippen LogP contribution >= 0.6 is 0 Å². The normalized spacial score (nSPS) is 13.9. The van der Waals surface area contributed by atoms with Gasteiger partial charge in [-0.05, 0) is 13.8 Å². The van der Waals surface area contributed by atoms with Gasteiger partial charge >= 0.3 is 0 Å². The van der Waals surface area contributed by atoms with E-state index in [-0.39, 0.29) is 11.5 Å². The Labute approximate surface area is 104 Å².